The van der Waals surface area contributed by atoms with Gasteiger partial charge in [-0.05, 0) is 34.4 Å². The van der Waals surface area contributed by atoms with Gasteiger partial charge < -0.3 is 9.97 Å². The summed E-state index contributed by atoms with van der Waals surface area (Å²) in [6, 6.07) is 73.3. The van der Waals surface area contributed by atoms with Crippen LogP contribution in [-0.2, 0) is 0 Å². The highest BCUT2D eigenvalue weighted by Gasteiger charge is 2.28. The van der Waals surface area contributed by atoms with Crippen molar-refractivity contribution >= 4 is 32.8 Å². The van der Waals surface area contributed by atoms with E-state index in [1.807, 2.05) is 0 Å². The number of nitrogens with zero attached hydrogens (tertiary/aromatic N) is 2. The summed E-state index contributed by atoms with van der Waals surface area (Å²) in [5.74, 6) is 0. The average molecular weight is 765 g/mol. The van der Waals surface area contributed by atoms with Gasteiger partial charge in [0.1, 0.15) is 0 Å². The Labute approximate surface area is 347 Å². The summed E-state index contributed by atoms with van der Waals surface area (Å²) >= 11 is 0. The zero-order valence-corrected chi connectivity index (χ0v) is 32.5. The minimum atomic E-state index is 0.925. The van der Waals surface area contributed by atoms with E-state index >= 15 is 0 Å². The first kappa shape index (κ1) is 34.0. The zero-order valence-electron chi connectivity index (χ0n) is 32.5. The minimum absolute atomic E-state index is 0.925. The molecule has 280 valence electrons. The standard InChI is InChI=1S/C56H36N4/c1-5-19-35(20-6-1)47-45-33-34-46(57-45)48(36-21-7-2-8-22-36)52-40-28-14-16-30-42(40)54(59-52)50(38-25-11-4-12-26-38)56-44-32-18-17-31-43(44)55(60-56)49(37-23-9-3-10-24-37)53-41-29-15-13-27-39(41)51(47)58-53/h1-34,57,60H. The number of hydrogen-bond acceptors (Lipinski definition) is 2. The van der Waals surface area contributed by atoms with Gasteiger partial charge in [0.05, 0.1) is 33.8 Å². The van der Waals surface area contributed by atoms with E-state index in [9.17, 15) is 0 Å². The highest BCUT2D eigenvalue weighted by molar-refractivity contribution is 6.19. The van der Waals surface area contributed by atoms with E-state index in [1.165, 1.54) is 0 Å². The van der Waals surface area contributed by atoms with Crippen molar-refractivity contribution in [2.75, 3.05) is 0 Å². The number of nitrogens with one attached hydrogen (secondary N) is 2. The lowest BCUT2D eigenvalue weighted by atomic mass is 9.94. The second kappa shape index (κ2) is 13.8. The lowest BCUT2D eigenvalue weighted by Gasteiger charge is -2.08. The molecular weight excluding hydrogens is 729 g/mol. The molecule has 0 saturated heterocycles. The van der Waals surface area contributed by atoms with Crippen molar-refractivity contribution in [3.05, 3.63) is 206 Å². The molecule has 4 heteroatoms. The van der Waals surface area contributed by atoms with E-state index in [-0.39, 0.29) is 0 Å². The summed E-state index contributed by atoms with van der Waals surface area (Å²) < 4.78 is 0. The maximum atomic E-state index is 5.78. The molecule has 60 heavy (non-hydrogen) atoms. The molecule has 2 N–H and O–H groups in total. The van der Waals surface area contributed by atoms with Crippen molar-refractivity contribution in [3.63, 3.8) is 0 Å². The summed E-state index contributed by atoms with van der Waals surface area (Å²) in [6.07, 6.45) is 0. The number of hydrogen-bond donors (Lipinski definition) is 2. The Morgan fingerprint density at radius 2 is 0.533 bits per heavy atom. The first-order valence-corrected chi connectivity index (χ1v) is 20.4. The summed E-state index contributed by atoms with van der Waals surface area (Å²) in [5, 5.41) is 2.23. The molecule has 8 bridgehead atoms. The molecule has 2 aliphatic heterocycles. The van der Waals surface area contributed by atoms with Crippen LogP contribution in [0.25, 0.3) is 122 Å². The topological polar surface area (TPSA) is 57.4 Å². The van der Waals surface area contributed by atoms with Crippen molar-refractivity contribution in [3.8, 4) is 89.5 Å². The minimum Gasteiger partial charge on any atom is -0.354 e. The van der Waals surface area contributed by atoms with E-state index in [0.717, 1.165) is 122 Å². The third-order valence-corrected chi connectivity index (χ3v) is 12.0. The molecule has 0 atom stereocenters. The fourth-order valence-corrected chi connectivity index (χ4v) is 9.34. The van der Waals surface area contributed by atoms with Crippen LogP contribution in [0.1, 0.15) is 0 Å². The second-order valence-electron chi connectivity index (χ2n) is 15.4. The molecule has 12 rings (SSSR count). The van der Waals surface area contributed by atoms with Gasteiger partial charge in [0.15, 0.2) is 0 Å². The van der Waals surface area contributed by atoms with E-state index in [4.69, 9.17) is 9.97 Å². The Bertz CT molecular complexity index is 3230. The van der Waals surface area contributed by atoms with Gasteiger partial charge in [0.25, 0.3) is 0 Å². The van der Waals surface area contributed by atoms with Crippen molar-refractivity contribution < 1.29 is 0 Å². The molecule has 0 spiro atoms. The lowest BCUT2D eigenvalue weighted by molar-refractivity contribution is 1.39. The van der Waals surface area contributed by atoms with Crippen molar-refractivity contribution in [2.24, 2.45) is 0 Å². The van der Waals surface area contributed by atoms with Gasteiger partial charge in [-0.2, -0.15) is 0 Å². The van der Waals surface area contributed by atoms with Crippen LogP contribution >= 0.6 is 0 Å². The van der Waals surface area contributed by atoms with Crippen LogP contribution in [0.15, 0.2) is 206 Å². The molecule has 4 nitrogen and oxygen atoms in total. The van der Waals surface area contributed by atoms with E-state index in [1.54, 1.807) is 0 Å². The van der Waals surface area contributed by atoms with Gasteiger partial charge in [0.2, 0.25) is 0 Å². The number of H-pyrrole nitrogens is 2. The number of aromatic nitrogens is 4. The predicted octanol–water partition coefficient (Wildman–Crippen LogP) is 14.8. The largest absolute Gasteiger partial charge is 0.354 e. The average Bonchev–Trinajstić information content (AvgIpc) is 4.11. The molecule has 0 unspecified atom stereocenters. The van der Waals surface area contributed by atoms with Crippen molar-refractivity contribution in [1.29, 1.82) is 0 Å². The van der Waals surface area contributed by atoms with Gasteiger partial charge in [-0.15, -0.1) is 0 Å². The monoisotopic (exact) mass is 764 g/mol. The van der Waals surface area contributed by atoms with Gasteiger partial charge in [-0.1, -0.05) is 194 Å². The van der Waals surface area contributed by atoms with E-state index < -0.39 is 0 Å². The SMILES string of the molecule is c1ccc(-c2c3nc(c(-c4ccccc4)c4[nH]c(c(-c5ccccc5)c5nc(c(-c6ccccc6)c6ccc2[nH]6)-c2ccccc2-5)c2ccccc42)-c2ccccc2-3)cc1. The molecule has 2 aliphatic rings. The van der Waals surface area contributed by atoms with E-state index in [2.05, 4.69) is 216 Å². The molecule has 0 aliphatic carbocycles. The molecule has 10 aromatic rings. The number of rotatable bonds is 4. The first-order valence-electron chi connectivity index (χ1n) is 20.4. The Hall–Kier alpha value is -8.08. The summed E-state index contributed by atoms with van der Waals surface area (Å²) in [4.78, 5) is 19.6. The Balaban J connectivity index is 1.40. The molecule has 7 aromatic carbocycles. The van der Waals surface area contributed by atoms with E-state index in [0.29, 0.717) is 0 Å². The van der Waals surface area contributed by atoms with Gasteiger partial charge in [-0.3, -0.25) is 0 Å². The number of aromatic amines is 2. The molecule has 0 fully saturated rings. The van der Waals surface area contributed by atoms with Crippen molar-refractivity contribution in [1.82, 2.24) is 19.9 Å². The molecule has 0 saturated carbocycles. The van der Waals surface area contributed by atoms with Crippen LogP contribution in [0.4, 0.5) is 0 Å². The summed E-state index contributed by atoms with van der Waals surface area (Å²) in [7, 11) is 0. The Kier molecular flexibility index (Phi) is 7.82. The maximum absolute atomic E-state index is 5.78. The maximum Gasteiger partial charge on any atom is 0.0816 e. The van der Waals surface area contributed by atoms with Gasteiger partial charge in [0, 0.05) is 66.3 Å². The number of benzene rings is 7. The van der Waals surface area contributed by atoms with Crippen LogP contribution in [0, 0.1) is 0 Å². The Morgan fingerprint density at radius 1 is 0.250 bits per heavy atom. The van der Waals surface area contributed by atoms with Crippen LogP contribution in [0.3, 0.4) is 0 Å². The van der Waals surface area contributed by atoms with Gasteiger partial charge in [-0.25, -0.2) is 9.97 Å². The smallest absolute Gasteiger partial charge is 0.0816 e. The van der Waals surface area contributed by atoms with Crippen LogP contribution in [0.5, 0.6) is 0 Å². The van der Waals surface area contributed by atoms with Crippen LogP contribution in [0.2, 0.25) is 0 Å². The molecule has 3 aromatic heterocycles. The molecular formula is C56H36N4. The quantitative estimate of drug-likeness (QED) is 0.187. The summed E-state index contributed by atoms with van der Waals surface area (Å²) in [5.41, 5.74) is 20.5. The fraction of sp³-hybridized carbons (Fsp3) is 0. The van der Waals surface area contributed by atoms with Gasteiger partial charge >= 0.3 is 0 Å². The first-order chi connectivity index (χ1) is 29.8. The lowest BCUT2D eigenvalue weighted by Crippen LogP contribution is -1.87. The predicted molar refractivity (Wildman–Crippen MR) is 249 cm³/mol. The third kappa shape index (κ3) is 5.32. The highest BCUT2D eigenvalue weighted by Crippen LogP contribution is 2.50. The molecule has 5 heterocycles. The Morgan fingerprint density at radius 3 is 0.883 bits per heavy atom. The molecule has 0 amide bonds. The normalized spacial score (nSPS) is 11.7. The fourth-order valence-electron chi connectivity index (χ4n) is 9.34. The third-order valence-electron chi connectivity index (χ3n) is 12.0. The van der Waals surface area contributed by atoms with Crippen LogP contribution < -0.4 is 0 Å². The van der Waals surface area contributed by atoms with Crippen LogP contribution in [-0.4, -0.2) is 19.9 Å². The molecule has 0 radical (unpaired) electrons. The van der Waals surface area contributed by atoms with Crippen molar-refractivity contribution in [2.45, 2.75) is 0 Å². The highest BCUT2D eigenvalue weighted by atomic mass is 14.8. The number of fused-ring (bicyclic) bond motifs is 17. The second-order valence-corrected chi connectivity index (χ2v) is 15.4. The summed E-state index contributed by atoms with van der Waals surface area (Å²) in [6.45, 7) is 0. The zero-order chi connectivity index (χ0) is 39.6.